The van der Waals surface area contributed by atoms with Crippen molar-refractivity contribution < 1.29 is 18.9 Å². The molecule has 0 bridgehead atoms. The van der Waals surface area contributed by atoms with Gasteiger partial charge in [-0.25, -0.2) is 0 Å². The Morgan fingerprint density at radius 1 is 0.714 bits per heavy atom. The Morgan fingerprint density at radius 2 is 1.29 bits per heavy atom. The molecule has 0 spiro atoms. The summed E-state index contributed by atoms with van der Waals surface area (Å²) in [5, 5.41) is 0. The van der Waals surface area contributed by atoms with Crippen LogP contribution in [0.3, 0.4) is 0 Å². The van der Waals surface area contributed by atoms with Crippen LogP contribution in [0.5, 0.6) is 23.0 Å². The van der Waals surface area contributed by atoms with Gasteiger partial charge in [-0.1, -0.05) is 12.1 Å². The van der Waals surface area contributed by atoms with Crippen molar-refractivity contribution in [2.24, 2.45) is 0 Å². The largest absolute Gasteiger partial charge is 0.494 e. The van der Waals surface area contributed by atoms with Crippen LogP contribution in [-0.2, 0) is 0 Å². The van der Waals surface area contributed by atoms with Crippen LogP contribution in [-0.4, -0.2) is 26.9 Å². The van der Waals surface area contributed by atoms with Crippen molar-refractivity contribution >= 4 is 0 Å². The van der Waals surface area contributed by atoms with Gasteiger partial charge >= 0.3 is 0 Å². The molecule has 4 heteroatoms. The van der Waals surface area contributed by atoms with Gasteiger partial charge in [0.05, 0.1) is 13.7 Å². The minimum atomic E-state index is 0.452. The Labute approximate surface area is 125 Å². The van der Waals surface area contributed by atoms with E-state index in [1.165, 1.54) is 0 Å². The molecule has 112 valence electrons. The maximum atomic E-state index is 5.64. The molecule has 2 aromatic rings. The number of para-hydroxylation sites is 2. The molecular weight excluding hydrogens is 268 g/mol. The summed E-state index contributed by atoms with van der Waals surface area (Å²) in [4.78, 5) is 0. The van der Waals surface area contributed by atoms with E-state index >= 15 is 0 Å². The van der Waals surface area contributed by atoms with E-state index in [9.17, 15) is 0 Å². The molecule has 21 heavy (non-hydrogen) atoms. The van der Waals surface area contributed by atoms with Crippen LogP contribution in [0.15, 0.2) is 48.5 Å². The Bertz CT molecular complexity index is 537. The van der Waals surface area contributed by atoms with Crippen LogP contribution in [0.25, 0.3) is 0 Å². The van der Waals surface area contributed by atoms with Crippen LogP contribution in [0, 0.1) is 0 Å². The van der Waals surface area contributed by atoms with Gasteiger partial charge in [0.15, 0.2) is 11.5 Å². The third kappa shape index (κ3) is 4.60. The van der Waals surface area contributed by atoms with Gasteiger partial charge in [-0.15, -0.1) is 0 Å². The molecule has 0 N–H and O–H groups in total. The van der Waals surface area contributed by atoms with E-state index in [2.05, 4.69) is 0 Å². The van der Waals surface area contributed by atoms with Gasteiger partial charge in [0.2, 0.25) is 0 Å². The number of hydrogen-bond acceptors (Lipinski definition) is 4. The summed E-state index contributed by atoms with van der Waals surface area (Å²) in [6, 6.07) is 15.1. The standard InChI is InChI=1S/C17H20O4/c1-3-19-14-8-10-15(11-9-14)20-12-13-21-17-7-5-4-6-16(17)18-2/h4-11H,3,12-13H2,1-2H3. The van der Waals surface area contributed by atoms with E-state index in [1.807, 2.05) is 55.5 Å². The second-order valence-corrected chi connectivity index (χ2v) is 4.25. The fourth-order valence-electron chi connectivity index (χ4n) is 1.85. The summed E-state index contributed by atoms with van der Waals surface area (Å²) < 4.78 is 21.8. The lowest BCUT2D eigenvalue weighted by atomic mass is 10.3. The van der Waals surface area contributed by atoms with Gasteiger partial charge < -0.3 is 18.9 Å². The number of benzene rings is 2. The van der Waals surface area contributed by atoms with Gasteiger partial charge in [0.1, 0.15) is 24.7 Å². The van der Waals surface area contributed by atoms with Gasteiger partial charge in [-0.3, -0.25) is 0 Å². The van der Waals surface area contributed by atoms with Gasteiger partial charge in [0, 0.05) is 0 Å². The maximum Gasteiger partial charge on any atom is 0.161 e. The van der Waals surface area contributed by atoms with E-state index in [0.717, 1.165) is 23.0 Å². The van der Waals surface area contributed by atoms with Gasteiger partial charge in [-0.05, 0) is 43.3 Å². The molecule has 0 atom stereocenters. The highest BCUT2D eigenvalue weighted by atomic mass is 16.5. The highest BCUT2D eigenvalue weighted by Crippen LogP contribution is 2.25. The first-order valence-corrected chi connectivity index (χ1v) is 6.95. The number of rotatable bonds is 8. The zero-order valence-electron chi connectivity index (χ0n) is 12.4. The Morgan fingerprint density at radius 3 is 1.90 bits per heavy atom. The second-order valence-electron chi connectivity index (χ2n) is 4.25. The normalized spacial score (nSPS) is 10.0. The van der Waals surface area contributed by atoms with Crippen molar-refractivity contribution in [3.63, 3.8) is 0 Å². The number of methoxy groups -OCH3 is 1. The van der Waals surface area contributed by atoms with Crippen molar-refractivity contribution in [3.05, 3.63) is 48.5 Å². The third-order valence-electron chi connectivity index (χ3n) is 2.81. The zero-order chi connectivity index (χ0) is 14.9. The second kappa shape index (κ2) is 8.04. The molecule has 0 radical (unpaired) electrons. The Kier molecular flexibility index (Phi) is 5.76. The van der Waals surface area contributed by atoms with Crippen LogP contribution >= 0.6 is 0 Å². The van der Waals surface area contributed by atoms with Crippen LogP contribution < -0.4 is 18.9 Å². The van der Waals surface area contributed by atoms with Gasteiger partial charge in [-0.2, -0.15) is 0 Å². The molecule has 2 aromatic carbocycles. The average Bonchev–Trinajstić information content (AvgIpc) is 2.54. The Hall–Kier alpha value is -2.36. The molecular formula is C17H20O4. The zero-order valence-corrected chi connectivity index (χ0v) is 12.4. The lowest BCUT2D eigenvalue weighted by molar-refractivity contribution is 0.211. The fraction of sp³-hybridized carbons (Fsp3) is 0.294. The quantitative estimate of drug-likeness (QED) is 0.696. The highest BCUT2D eigenvalue weighted by molar-refractivity contribution is 5.39. The summed E-state index contributed by atoms with van der Waals surface area (Å²) in [6.07, 6.45) is 0. The summed E-state index contributed by atoms with van der Waals surface area (Å²) in [7, 11) is 1.62. The van der Waals surface area contributed by atoms with Crippen molar-refractivity contribution in [2.75, 3.05) is 26.9 Å². The minimum absolute atomic E-state index is 0.452. The van der Waals surface area contributed by atoms with Crippen LogP contribution in [0.1, 0.15) is 6.92 Å². The lowest BCUT2D eigenvalue weighted by Crippen LogP contribution is -2.09. The van der Waals surface area contributed by atoms with E-state index in [1.54, 1.807) is 7.11 Å². The lowest BCUT2D eigenvalue weighted by Gasteiger charge is -2.11. The van der Waals surface area contributed by atoms with E-state index < -0.39 is 0 Å². The third-order valence-corrected chi connectivity index (χ3v) is 2.81. The molecule has 0 heterocycles. The SMILES string of the molecule is CCOc1ccc(OCCOc2ccccc2OC)cc1. The molecule has 0 saturated carbocycles. The van der Waals surface area contributed by atoms with Crippen LogP contribution in [0.2, 0.25) is 0 Å². The molecule has 4 nitrogen and oxygen atoms in total. The van der Waals surface area contributed by atoms with Crippen LogP contribution in [0.4, 0.5) is 0 Å². The summed E-state index contributed by atoms with van der Waals surface area (Å²) in [5.74, 6) is 3.08. The van der Waals surface area contributed by atoms with Gasteiger partial charge in [0.25, 0.3) is 0 Å². The molecule has 0 fully saturated rings. The smallest absolute Gasteiger partial charge is 0.161 e. The molecule has 0 aliphatic heterocycles. The van der Waals surface area contributed by atoms with Crippen molar-refractivity contribution in [1.29, 1.82) is 0 Å². The first-order chi connectivity index (χ1) is 10.3. The monoisotopic (exact) mass is 288 g/mol. The summed E-state index contributed by atoms with van der Waals surface area (Å²) >= 11 is 0. The topological polar surface area (TPSA) is 36.9 Å². The van der Waals surface area contributed by atoms with Crippen molar-refractivity contribution in [1.82, 2.24) is 0 Å². The predicted molar refractivity (Wildman–Crippen MR) is 81.6 cm³/mol. The summed E-state index contributed by atoms with van der Waals surface area (Å²) in [6.45, 7) is 3.53. The van der Waals surface area contributed by atoms with E-state index in [-0.39, 0.29) is 0 Å². The fourth-order valence-corrected chi connectivity index (χ4v) is 1.85. The van der Waals surface area contributed by atoms with E-state index in [0.29, 0.717) is 19.8 Å². The molecule has 0 amide bonds. The molecule has 0 unspecified atom stereocenters. The predicted octanol–water partition coefficient (Wildman–Crippen LogP) is 3.55. The minimum Gasteiger partial charge on any atom is -0.494 e. The highest BCUT2D eigenvalue weighted by Gasteiger charge is 2.02. The molecule has 0 aliphatic rings. The van der Waals surface area contributed by atoms with Crippen molar-refractivity contribution in [3.8, 4) is 23.0 Å². The average molecular weight is 288 g/mol. The maximum absolute atomic E-state index is 5.64. The molecule has 0 aliphatic carbocycles. The Balaban J connectivity index is 1.76. The number of ether oxygens (including phenoxy) is 4. The molecule has 0 saturated heterocycles. The first-order valence-electron chi connectivity index (χ1n) is 6.95. The molecule has 2 rings (SSSR count). The van der Waals surface area contributed by atoms with E-state index in [4.69, 9.17) is 18.9 Å². The van der Waals surface area contributed by atoms with Crippen molar-refractivity contribution in [2.45, 2.75) is 6.92 Å². The first kappa shape index (κ1) is 15.0. The summed E-state index contributed by atoms with van der Waals surface area (Å²) in [5.41, 5.74) is 0. The molecule has 0 aromatic heterocycles. The number of hydrogen-bond donors (Lipinski definition) is 0.